The van der Waals surface area contributed by atoms with E-state index in [1.165, 1.54) is 77.0 Å². The van der Waals surface area contributed by atoms with E-state index in [4.69, 9.17) is 0 Å². The van der Waals surface area contributed by atoms with Crippen molar-refractivity contribution >= 4 is 36.8 Å². The Balaban J connectivity index is 3.43. The molecule has 0 aromatic heterocycles. The van der Waals surface area contributed by atoms with Crippen molar-refractivity contribution in [2.75, 3.05) is 0 Å². The van der Waals surface area contributed by atoms with Crippen molar-refractivity contribution in [3.05, 3.63) is 34.9 Å². The molecular weight excluding hydrogens is 634 g/mol. The molecular formula is C33H64Sn2. The first-order chi connectivity index (χ1) is 16.9. The van der Waals surface area contributed by atoms with Gasteiger partial charge < -0.3 is 0 Å². The fraction of sp³-hybridized carbons (Fsp3) is 0.818. The molecule has 0 saturated heterocycles. The third-order valence-electron chi connectivity index (χ3n) is 8.99. The molecule has 0 spiro atoms. The quantitative estimate of drug-likeness (QED) is 0.106. The van der Waals surface area contributed by atoms with Crippen molar-refractivity contribution in [2.45, 2.75) is 161 Å². The van der Waals surface area contributed by atoms with Crippen LogP contribution >= 0.6 is 0 Å². The maximum absolute atomic E-state index is 2.62. The van der Waals surface area contributed by atoms with Gasteiger partial charge in [0.15, 0.2) is 0 Å². The van der Waals surface area contributed by atoms with Gasteiger partial charge in [-0.3, -0.25) is 0 Å². The van der Waals surface area contributed by atoms with E-state index < -0.39 is 36.8 Å². The molecule has 0 aliphatic carbocycles. The molecule has 0 radical (unpaired) electrons. The first-order valence-corrected chi connectivity index (χ1v) is 32.2. The zero-order valence-electron chi connectivity index (χ0n) is 25.4. The number of benzene rings is 1. The zero-order chi connectivity index (χ0) is 26.0. The van der Waals surface area contributed by atoms with Crippen LogP contribution in [0.1, 0.15) is 135 Å². The summed E-state index contributed by atoms with van der Waals surface area (Å²) in [4.78, 5) is 0. The van der Waals surface area contributed by atoms with Crippen LogP contribution in [0.3, 0.4) is 0 Å². The molecule has 0 heterocycles. The Morgan fingerprint density at radius 2 is 0.829 bits per heavy atom. The molecule has 1 aromatic rings. The van der Waals surface area contributed by atoms with Crippen LogP contribution < -0.4 is 0 Å². The maximum atomic E-state index is 2.62. The molecule has 0 amide bonds. The topological polar surface area (TPSA) is 0 Å². The summed E-state index contributed by atoms with van der Waals surface area (Å²) in [6, 6.07) is 7.51. The number of hydrogen-bond acceptors (Lipinski definition) is 0. The standard InChI is InChI=1S/C9H10.6C4H9.2Sn/c1-7-5-4-6-8(2)9(7)3;6*1-3-4-2;;/h4-6H,1,3H2,2H3;6*1,3-4H2,2H3;;. The average molecular weight is 698 g/mol. The predicted octanol–water partition coefficient (Wildman–Crippen LogP) is 11.9. The molecule has 35 heavy (non-hydrogen) atoms. The van der Waals surface area contributed by atoms with Crippen LogP contribution in [-0.4, -0.2) is 36.8 Å². The van der Waals surface area contributed by atoms with Gasteiger partial charge in [0, 0.05) is 0 Å². The summed E-state index contributed by atoms with van der Waals surface area (Å²) in [5, 5.41) is 0. The number of rotatable bonds is 22. The predicted molar refractivity (Wildman–Crippen MR) is 168 cm³/mol. The van der Waals surface area contributed by atoms with Gasteiger partial charge >= 0.3 is 233 Å². The monoisotopic (exact) mass is 700 g/mol. The Morgan fingerprint density at radius 1 is 0.486 bits per heavy atom. The van der Waals surface area contributed by atoms with E-state index in [2.05, 4.69) is 66.7 Å². The first-order valence-electron chi connectivity index (χ1n) is 16.0. The van der Waals surface area contributed by atoms with Gasteiger partial charge in [-0.15, -0.1) is 0 Å². The van der Waals surface area contributed by atoms with Gasteiger partial charge in [-0.25, -0.2) is 0 Å². The SMILES string of the molecule is CCC[CH2][Sn]([CH2]CCC)([CH2]CCC)[CH2]c1cccc(C)c1[CH2][Sn]([CH2]CCC)([CH2]CCC)[CH2]CCC. The molecule has 0 atom stereocenters. The molecule has 0 fully saturated rings. The van der Waals surface area contributed by atoms with E-state index in [1.54, 1.807) is 41.1 Å². The van der Waals surface area contributed by atoms with Crippen LogP contribution in [0.4, 0.5) is 0 Å². The summed E-state index contributed by atoms with van der Waals surface area (Å²) in [6.07, 6.45) is 17.3. The molecule has 0 nitrogen and oxygen atoms in total. The second kappa shape index (κ2) is 19.8. The molecule has 0 bridgehead atoms. The second-order valence-corrected chi connectivity index (χ2v) is 39.9. The van der Waals surface area contributed by atoms with Gasteiger partial charge in [0.1, 0.15) is 0 Å². The van der Waals surface area contributed by atoms with Crippen LogP contribution in [0.25, 0.3) is 0 Å². The molecule has 1 rings (SSSR count). The molecule has 2 heteroatoms. The summed E-state index contributed by atoms with van der Waals surface area (Å²) < 4.78 is 13.0. The Bertz CT molecular complexity index is 607. The number of aryl methyl sites for hydroxylation is 1. The van der Waals surface area contributed by atoms with E-state index in [0.717, 1.165) is 0 Å². The average Bonchev–Trinajstić information content (AvgIpc) is 2.87. The van der Waals surface area contributed by atoms with Gasteiger partial charge in [-0.2, -0.15) is 0 Å². The van der Waals surface area contributed by atoms with Gasteiger partial charge in [-0.05, 0) is 0 Å². The van der Waals surface area contributed by atoms with Gasteiger partial charge in [0.25, 0.3) is 0 Å². The van der Waals surface area contributed by atoms with Crippen molar-refractivity contribution in [3.63, 3.8) is 0 Å². The van der Waals surface area contributed by atoms with E-state index in [9.17, 15) is 0 Å². The van der Waals surface area contributed by atoms with Crippen LogP contribution in [0.15, 0.2) is 18.2 Å². The Morgan fingerprint density at radius 3 is 1.17 bits per heavy atom. The van der Waals surface area contributed by atoms with E-state index in [0.29, 0.717) is 0 Å². The van der Waals surface area contributed by atoms with Gasteiger partial charge in [-0.1, -0.05) is 0 Å². The summed E-state index contributed by atoms with van der Waals surface area (Å²) >= 11 is -4.43. The Kier molecular flexibility index (Phi) is 19.2. The fourth-order valence-electron chi connectivity index (χ4n) is 6.55. The zero-order valence-corrected chi connectivity index (χ0v) is 31.1. The molecule has 0 N–H and O–H groups in total. The summed E-state index contributed by atoms with van der Waals surface area (Å²) in [7, 11) is 0. The Labute approximate surface area is 231 Å². The molecule has 0 saturated carbocycles. The van der Waals surface area contributed by atoms with Crippen molar-refractivity contribution in [1.29, 1.82) is 0 Å². The van der Waals surface area contributed by atoms with Crippen molar-refractivity contribution in [3.8, 4) is 0 Å². The second-order valence-electron chi connectivity index (χ2n) is 12.2. The minimum atomic E-state index is -2.22. The third kappa shape index (κ3) is 12.5. The molecule has 0 aliphatic heterocycles. The summed E-state index contributed by atoms with van der Waals surface area (Å²) in [5.74, 6) is 0. The van der Waals surface area contributed by atoms with Crippen molar-refractivity contribution < 1.29 is 0 Å². The normalized spacial score (nSPS) is 12.4. The summed E-state index contributed by atoms with van der Waals surface area (Å²) in [6.45, 7) is 17.0. The number of unbranched alkanes of at least 4 members (excludes halogenated alkanes) is 6. The first kappa shape index (κ1) is 33.8. The van der Waals surface area contributed by atoms with Gasteiger partial charge in [0.05, 0.1) is 0 Å². The van der Waals surface area contributed by atoms with E-state index in [-0.39, 0.29) is 0 Å². The van der Waals surface area contributed by atoms with Crippen LogP contribution in [0.5, 0.6) is 0 Å². The third-order valence-corrected chi connectivity index (χ3v) is 39.6. The molecule has 0 unspecified atom stereocenters. The molecule has 0 aliphatic rings. The van der Waals surface area contributed by atoms with Crippen molar-refractivity contribution in [2.24, 2.45) is 0 Å². The minimum absolute atomic E-state index is 1.39. The van der Waals surface area contributed by atoms with Crippen LogP contribution in [-0.2, 0) is 8.87 Å². The Hall–Kier alpha value is 0.817. The van der Waals surface area contributed by atoms with Crippen LogP contribution in [0.2, 0.25) is 26.6 Å². The number of hydrogen-bond donors (Lipinski definition) is 0. The molecule has 1 aromatic carbocycles. The van der Waals surface area contributed by atoms with E-state index >= 15 is 0 Å². The van der Waals surface area contributed by atoms with Crippen molar-refractivity contribution in [1.82, 2.24) is 0 Å². The molecule has 204 valence electrons. The van der Waals surface area contributed by atoms with Gasteiger partial charge in [0.2, 0.25) is 0 Å². The van der Waals surface area contributed by atoms with Crippen LogP contribution in [0, 0.1) is 6.92 Å². The summed E-state index contributed by atoms with van der Waals surface area (Å²) in [5.41, 5.74) is 5.39. The fourth-order valence-corrected chi connectivity index (χ4v) is 39.6. The van der Waals surface area contributed by atoms with E-state index in [1.807, 2.05) is 11.1 Å².